The van der Waals surface area contributed by atoms with Crippen LogP contribution in [0.2, 0.25) is 0 Å². The largest absolute Gasteiger partial charge is 0.497 e. The Hall–Kier alpha value is -1.95. The van der Waals surface area contributed by atoms with Crippen molar-refractivity contribution in [3.63, 3.8) is 0 Å². The van der Waals surface area contributed by atoms with Gasteiger partial charge in [-0.15, -0.1) is 0 Å². The van der Waals surface area contributed by atoms with E-state index in [2.05, 4.69) is 10.2 Å². The maximum Gasteiger partial charge on any atom is 0.320 e. The number of hydrogen-bond donors (Lipinski definition) is 2. The van der Waals surface area contributed by atoms with Crippen LogP contribution in [0.5, 0.6) is 11.5 Å². The Labute approximate surface area is 137 Å². The molecule has 0 bridgehead atoms. The molecule has 0 aliphatic carbocycles. The number of likely N-dealkylation sites (tertiary alicyclic amines) is 1. The summed E-state index contributed by atoms with van der Waals surface area (Å²) >= 11 is 0. The maximum absolute atomic E-state index is 11.4. The molecule has 0 amide bonds. The number of carboxylic acids is 1. The first-order chi connectivity index (χ1) is 11.1. The second-order valence-corrected chi connectivity index (χ2v) is 5.84. The molecular weight excluding hydrogens is 296 g/mol. The fourth-order valence-corrected chi connectivity index (χ4v) is 3.12. The summed E-state index contributed by atoms with van der Waals surface area (Å²) < 4.78 is 10.6. The zero-order valence-electron chi connectivity index (χ0n) is 14.0. The van der Waals surface area contributed by atoms with Crippen LogP contribution in [0, 0.1) is 0 Å². The molecule has 2 rings (SSSR count). The molecule has 0 aromatic heterocycles. The number of hydrogen-bond acceptors (Lipinski definition) is 5. The number of methoxy groups -OCH3 is 2. The average Bonchev–Trinajstić information content (AvgIpc) is 2.55. The molecule has 1 heterocycles. The second kappa shape index (κ2) is 8.06. The smallest absolute Gasteiger partial charge is 0.320 e. The molecule has 0 saturated carbocycles. The zero-order chi connectivity index (χ0) is 16.8. The lowest BCUT2D eigenvalue weighted by molar-refractivity contribution is -0.143. The number of aliphatic carboxylic acids is 1. The first kappa shape index (κ1) is 17.4. The van der Waals surface area contributed by atoms with Crippen molar-refractivity contribution in [1.82, 2.24) is 4.90 Å². The number of ether oxygens (including phenoxy) is 2. The summed E-state index contributed by atoms with van der Waals surface area (Å²) in [6.45, 7) is 3.48. The molecule has 23 heavy (non-hydrogen) atoms. The molecule has 0 spiro atoms. The minimum absolute atomic E-state index is 0.217. The SMILES string of the molecule is CC[C@@H](C(=O)O)N1CCC[C@H](Nc2cc(OC)cc(OC)c2)C1. The summed E-state index contributed by atoms with van der Waals surface area (Å²) in [6.07, 6.45) is 2.63. The molecule has 1 aliphatic heterocycles. The van der Waals surface area contributed by atoms with Gasteiger partial charge in [0.2, 0.25) is 0 Å². The van der Waals surface area contributed by atoms with Crippen LogP contribution < -0.4 is 14.8 Å². The van der Waals surface area contributed by atoms with Gasteiger partial charge in [-0.3, -0.25) is 9.69 Å². The van der Waals surface area contributed by atoms with Gasteiger partial charge in [0.05, 0.1) is 14.2 Å². The number of carbonyl (C=O) groups is 1. The van der Waals surface area contributed by atoms with Crippen LogP contribution in [0.25, 0.3) is 0 Å². The van der Waals surface area contributed by atoms with Crippen LogP contribution in [-0.4, -0.2) is 55.4 Å². The number of nitrogens with zero attached hydrogens (tertiary/aromatic N) is 1. The van der Waals surface area contributed by atoms with E-state index < -0.39 is 12.0 Å². The van der Waals surface area contributed by atoms with Crippen molar-refractivity contribution in [2.45, 2.75) is 38.3 Å². The summed E-state index contributed by atoms with van der Waals surface area (Å²) in [6, 6.07) is 5.50. The molecule has 1 aliphatic rings. The van der Waals surface area contributed by atoms with E-state index in [0.717, 1.165) is 43.1 Å². The van der Waals surface area contributed by atoms with E-state index in [4.69, 9.17) is 9.47 Å². The summed E-state index contributed by atoms with van der Waals surface area (Å²) in [4.78, 5) is 13.4. The maximum atomic E-state index is 11.4. The summed E-state index contributed by atoms with van der Waals surface area (Å²) in [5.74, 6) is 0.726. The van der Waals surface area contributed by atoms with Crippen LogP contribution in [0.4, 0.5) is 5.69 Å². The van der Waals surface area contributed by atoms with E-state index in [-0.39, 0.29) is 6.04 Å². The lowest BCUT2D eigenvalue weighted by atomic mass is 10.0. The molecule has 128 valence electrons. The van der Waals surface area contributed by atoms with E-state index in [0.29, 0.717) is 6.42 Å². The Morgan fingerprint density at radius 3 is 2.52 bits per heavy atom. The fourth-order valence-electron chi connectivity index (χ4n) is 3.12. The molecule has 1 aromatic carbocycles. The number of rotatable bonds is 7. The minimum Gasteiger partial charge on any atom is -0.497 e. The molecule has 6 heteroatoms. The number of nitrogens with one attached hydrogen (secondary N) is 1. The van der Waals surface area contributed by atoms with Crippen LogP contribution in [0.1, 0.15) is 26.2 Å². The van der Waals surface area contributed by atoms with Crippen LogP contribution in [-0.2, 0) is 4.79 Å². The summed E-state index contributed by atoms with van der Waals surface area (Å²) in [5.41, 5.74) is 0.927. The highest BCUT2D eigenvalue weighted by Crippen LogP contribution is 2.27. The quantitative estimate of drug-likeness (QED) is 0.803. The van der Waals surface area contributed by atoms with Gasteiger partial charge < -0.3 is 19.9 Å². The number of piperidine rings is 1. The van der Waals surface area contributed by atoms with Crippen molar-refractivity contribution in [3.05, 3.63) is 18.2 Å². The van der Waals surface area contributed by atoms with Gasteiger partial charge in [0.25, 0.3) is 0 Å². The number of carboxylic acid groups (broad SMARTS) is 1. The van der Waals surface area contributed by atoms with Crippen molar-refractivity contribution in [1.29, 1.82) is 0 Å². The predicted octanol–water partition coefficient (Wildman–Crippen LogP) is 2.44. The van der Waals surface area contributed by atoms with Crippen LogP contribution >= 0.6 is 0 Å². The van der Waals surface area contributed by atoms with E-state index in [1.54, 1.807) is 14.2 Å². The fraction of sp³-hybridized carbons (Fsp3) is 0.588. The highest BCUT2D eigenvalue weighted by molar-refractivity contribution is 5.73. The first-order valence-electron chi connectivity index (χ1n) is 8.03. The van der Waals surface area contributed by atoms with E-state index in [9.17, 15) is 9.90 Å². The molecule has 6 nitrogen and oxygen atoms in total. The van der Waals surface area contributed by atoms with E-state index >= 15 is 0 Å². The molecule has 1 fully saturated rings. The highest BCUT2D eigenvalue weighted by atomic mass is 16.5. The molecule has 2 N–H and O–H groups in total. The third-order valence-electron chi connectivity index (χ3n) is 4.29. The monoisotopic (exact) mass is 322 g/mol. The van der Waals surface area contributed by atoms with Crippen molar-refractivity contribution in [2.75, 3.05) is 32.6 Å². The number of anilines is 1. The average molecular weight is 322 g/mol. The van der Waals surface area contributed by atoms with Crippen LogP contribution in [0.3, 0.4) is 0 Å². The molecule has 0 unspecified atom stereocenters. The molecule has 1 saturated heterocycles. The van der Waals surface area contributed by atoms with Gasteiger partial charge in [-0.25, -0.2) is 0 Å². The van der Waals surface area contributed by atoms with Crippen molar-refractivity contribution >= 4 is 11.7 Å². The van der Waals surface area contributed by atoms with Crippen molar-refractivity contribution < 1.29 is 19.4 Å². The van der Waals surface area contributed by atoms with Gasteiger partial charge in [-0.2, -0.15) is 0 Å². The third-order valence-corrected chi connectivity index (χ3v) is 4.29. The Morgan fingerprint density at radius 2 is 2.00 bits per heavy atom. The normalized spacial score (nSPS) is 19.9. The van der Waals surface area contributed by atoms with Gasteiger partial charge >= 0.3 is 5.97 Å². The Bertz CT molecular complexity index is 513. The Kier molecular flexibility index (Phi) is 6.10. The standard InChI is InChI=1S/C17H26N2O4/c1-4-16(17(20)21)19-7-5-6-12(11-19)18-13-8-14(22-2)10-15(9-13)23-3/h8-10,12,16,18H,4-7,11H2,1-3H3,(H,20,21)/t12-,16-/m0/s1. The van der Waals surface area contributed by atoms with E-state index in [1.165, 1.54) is 0 Å². The topological polar surface area (TPSA) is 71.0 Å². The van der Waals surface area contributed by atoms with Gasteiger partial charge in [-0.1, -0.05) is 6.92 Å². The van der Waals surface area contributed by atoms with Gasteiger partial charge in [0.15, 0.2) is 0 Å². The lowest BCUT2D eigenvalue weighted by Gasteiger charge is -2.36. The minimum atomic E-state index is -0.740. The van der Waals surface area contributed by atoms with Crippen molar-refractivity contribution in [2.24, 2.45) is 0 Å². The number of benzene rings is 1. The predicted molar refractivity (Wildman–Crippen MR) is 89.5 cm³/mol. The van der Waals surface area contributed by atoms with Crippen LogP contribution in [0.15, 0.2) is 18.2 Å². The molecular formula is C17H26N2O4. The van der Waals surface area contributed by atoms with E-state index in [1.807, 2.05) is 25.1 Å². The summed E-state index contributed by atoms with van der Waals surface area (Å²) in [5, 5.41) is 12.8. The summed E-state index contributed by atoms with van der Waals surface area (Å²) in [7, 11) is 3.25. The highest BCUT2D eigenvalue weighted by Gasteiger charge is 2.29. The second-order valence-electron chi connectivity index (χ2n) is 5.84. The zero-order valence-corrected chi connectivity index (χ0v) is 14.0. The van der Waals surface area contributed by atoms with Gasteiger partial charge in [0, 0.05) is 36.5 Å². The van der Waals surface area contributed by atoms with Gasteiger partial charge in [0.1, 0.15) is 17.5 Å². The molecule has 1 aromatic rings. The van der Waals surface area contributed by atoms with Crippen molar-refractivity contribution in [3.8, 4) is 11.5 Å². The van der Waals surface area contributed by atoms with Gasteiger partial charge in [-0.05, 0) is 25.8 Å². The first-order valence-corrected chi connectivity index (χ1v) is 8.03. The Morgan fingerprint density at radius 1 is 1.35 bits per heavy atom. The Balaban J connectivity index is 2.06. The molecule has 0 radical (unpaired) electrons. The lowest BCUT2D eigenvalue weighted by Crippen LogP contribution is -2.49. The molecule has 2 atom stereocenters. The third kappa shape index (κ3) is 4.51.